The van der Waals surface area contributed by atoms with Gasteiger partial charge in [0.25, 0.3) is 0 Å². The van der Waals surface area contributed by atoms with Crippen LogP contribution in [0.15, 0.2) is 34.7 Å². The summed E-state index contributed by atoms with van der Waals surface area (Å²) in [6.45, 7) is 5.90. The number of furan rings is 1. The zero-order valence-corrected chi connectivity index (χ0v) is 14.2. The van der Waals surface area contributed by atoms with Crippen LogP contribution in [0.1, 0.15) is 38.4 Å². The molecule has 128 valence electrons. The Labute approximate surface area is 141 Å². The van der Waals surface area contributed by atoms with Crippen molar-refractivity contribution < 1.29 is 18.7 Å². The highest BCUT2D eigenvalue weighted by molar-refractivity contribution is 5.85. The Morgan fingerprint density at radius 3 is 2.71 bits per heavy atom. The zero-order chi connectivity index (χ0) is 16.7. The number of carbonyl (C=O) groups excluding carboxylic acids is 1. The van der Waals surface area contributed by atoms with Crippen LogP contribution in [0.4, 0.5) is 0 Å². The van der Waals surface area contributed by atoms with Crippen molar-refractivity contribution in [2.45, 2.75) is 44.5 Å². The third-order valence-corrected chi connectivity index (χ3v) is 5.08. The fraction of sp³-hybridized carbons (Fsp3) is 0.526. The quantitative estimate of drug-likeness (QED) is 0.848. The molecule has 2 aromatic rings. The fourth-order valence-corrected chi connectivity index (χ4v) is 3.65. The van der Waals surface area contributed by atoms with E-state index in [0.29, 0.717) is 19.7 Å². The number of hydrogen-bond donors (Lipinski definition) is 0. The maximum absolute atomic E-state index is 12.8. The van der Waals surface area contributed by atoms with E-state index in [1.807, 2.05) is 49.1 Å². The molecule has 3 heterocycles. The van der Waals surface area contributed by atoms with Gasteiger partial charge in [-0.3, -0.25) is 4.79 Å². The van der Waals surface area contributed by atoms with Crippen LogP contribution in [-0.2, 0) is 14.3 Å². The summed E-state index contributed by atoms with van der Waals surface area (Å²) in [6, 6.07) is 9.81. The van der Waals surface area contributed by atoms with Crippen LogP contribution in [0.25, 0.3) is 11.0 Å². The highest BCUT2D eigenvalue weighted by atomic mass is 16.7. The van der Waals surface area contributed by atoms with Gasteiger partial charge in [-0.25, -0.2) is 0 Å². The van der Waals surface area contributed by atoms with Crippen molar-refractivity contribution >= 4 is 16.9 Å². The predicted molar refractivity (Wildman–Crippen MR) is 89.7 cm³/mol. The molecular weight excluding hydrogens is 306 g/mol. The topological polar surface area (TPSA) is 51.9 Å². The van der Waals surface area contributed by atoms with Crippen molar-refractivity contribution in [3.8, 4) is 0 Å². The Balaban J connectivity index is 1.44. The second kappa shape index (κ2) is 5.90. The Morgan fingerprint density at radius 1 is 1.29 bits per heavy atom. The summed E-state index contributed by atoms with van der Waals surface area (Å²) in [5, 5.41) is 1.03. The summed E-state index contributed by atoms with van der Waals surface area (Å²) >= 11 is 0. The van der Waals surface area contributed by atoms with Crippen LogP contribution in [0.2, 0.25) is 0 Å². The first-order chi connectivity index (χ1) is 11.6. The number of ether oxygens (including phenoxy) is 2. The first-order valence-electron chi connectivity index (χ1n) is 8.65. The molecule has 2 unspecified atom stereocenters. The lowest BCUT2D eigenvalue weighted by Gasteiger charge is -2.38. The number of likely N-dealkylation sites (tertiary alicyclic amines) is 1. The smallest absolute Gasteiger partial charge is 0.233 e. The van der Waals surface area contributed by atoms with Crippen molar-refractivity contribution in [1.29, 1.82) is 0 Å². The highest BCUT2D eigenvalue weighted by Crippen LogP contribution is 2.35. The molecule has 2 saturated heterocycles. The average Bonchev–Trinajstić information content (AvgIpc) is 3.18. The normalized spacial score (nSPS) is 24.6. The summed E-state index contributed by atoms with van der Waals surface area (Å²) in [5.74, 6) is 0.0768. The lowest BCUT2D eigenvalue weighted by atomic mass is 10.0. The van der Waals surface area contributed by atoms with E-state index in [4.69, 9.17) is 13.9 Å². The Morgan fingerprint density at radius 2 is 2.04 bits per heavy atom. The van der Waals surface area contributed by atoms with Gasteiger partial charge in [0, 0.05) is 31.3 Å². The van der Waals surface area contributed by atoms with Crippen LogP contribution in [0.5, 0.6) is 0 Å². The molecule has 5 heteroatoms. The van der Waals surface area contributed by atoms with Gasteiger partial charge < -0.3 is 18.8 Å². The van der Waals surface area contributed by atoms with Gasteiger partial charge in [-0.1, -0.05) is 18.2 Å². The molecule has 0 saturated carbocycles. The number of fused-ring (bicyclic) bond motifs is 1. The van der Waals surface area contributed by atoms with Crippen LogP contribution < -0.4 is 0 Å². The van der Waals surface area contributed by atoms with Crippen molar-refractivity contribution in [3.05, 3.63) is 36.1 Å². The second-order valence-electron chi connectivity index (χ2n) is 6.88. The molecule has 24 heavy (non-hydrogen) atoms. The molecule has 0 bridgehead atoms. The first kappa shape index (κ1) is 15.7. The van der Waals surface area contributed by atoms with Gasteiger partial charge in [-0.2, -0.15) is 0 Å². The molecule has 2 aliphatic heterocycles. The summed E-state index contributed by atoms with van der Waals surface area (Å²) in [7, 11) is 0. The standard InChI is InChI=1S/C19H23NO4/c1-13-12-22-19(24-13)7-9-20(10-8-19)18(21)14(2)17-11-15-5-3-4-6-16(15)23-17/h3-6,11,13-14H,7-10,12H2,1-2H3. The molecule has 0 radical (unpaired) electrons. The Kier molecular flexibility index (Phi) is 3.85. The van der Waals surface area contributed by atoms with E-state index in [1.54, 1.807) is 0 Å². The van der Waals surface area contributed by atoms with E-state index >= 15 is 0 Å². The summed E-state index contributed by atoms with van der Waals surface area (Å²) in [5.41, 5.74) is 0.825. The van der Waals surface area contributed by atoms with Gasteiger partial charge in [0.2, 0.25) is 5.91 Å². The van der Waals surface area contributed by atoms with E-state index in [0.717, 1.165) is 29.6 Å². The van der Waals surface area contributed by atoms with E-state index < -0.39 is 5.79 Å². The average molecular weight is 329 g/mol. The second-order valence-corrected chi connectivity index (χ2v) is 6.88. The number of piperidine rings is 1. The van der Waals surface area contributed by atoms with Gasteiger partial charge in [0.1, 0.15) is 11.3 Å². The molecule has 5 nitrogen and oxygen atoms in total. The molecule has 1 amide bonds. The number of benzene rings is 1. The number of nitrogens with zero attached hydrogens (tertiary/aromatic N) is 1. The number of hydrogen-bond acceptors (Lipinski definition) is 4. The van der Waals surface area contributed by atoms with Gasteiger partial charge in [-0.05, 0) is 26.0 Å². The fourth-order valence-electron chi connectivity index (χ4n) is 3.65. The minimum absolute atomic E-state index is 0.106. The summed E-state index contributed by atoms with van der Waals surface area (Å²) < 4.78 is 17.6. The number of para-hydroxylation sites is 1. The van der Waals surface area contributed by atoms with Crippen molar-refractivity contribution in [2.24, 2.45) is 0 Å². The van der Waals surface area contributed by atoms with Crippen LogP contribution in [0, 0.1) is 0 Å². The van der Waals surface area contributed by atoms with Crippen molar-refractivity contribution in [3.63, 3.8) is 0 Å². The molecule has 2 atom stereocenters. The van der Waals surface area contributed by atoms with Crippen LogP contribution in [0.3, 0.4) is 0 Å². The largest absolute Gasteiger partial charge is 0.460 e. The summed E-state index contributed by atoms with van der Waals surface area (Å²) in [6.07, 6.45) is 1.60. The van der Waals surface area contributed by atoms with Gasteiger partial charge in [0.15, 0.2) is 5.79 Å². The third-order valence-electron chi connectivity index (χ3n) is 5.08. The van der Waals surface area contributed by atoms with Crippen LogP contribution >= 0.6 is 0 Å². The minimum Gasteiger partial charge on any atom is -0.460 e. The molecule has 1 aromatic carbocycles. The maximum Gasteiger partial charge on any atom is 0.233 e. The summed E-state index contributed by atoms with van der Waals surface area (Å²) in [4.78, 5) is 14.7. The third kappa shape index (κ3) is 2.72. The Hall–Kier alpha value is -1.85. The Bertz CT molecular complexity index is 712. The molecule has 0 aliphatic carbocycles. The first-order valence-corrected chi connectivity index (χ1v) is 8.65. The lowest BCUT2D eigenvalue weighted by molar-refractivity contribution is -0.195. The molecule has 1 aromatic heterocycles. The van der Waals surface area contributed by atoms with Crippen LogP contribution in [-0.4, -0.2) is 42.4 Å². The van der Waals surface area contributed by atoms with Crippen molar-refractivity contribution in [1.82, 2.24) is 4.90 Å². The predicted octanol–water partition coefficient (Wildman–Crippen LogP) is 3.29. The SMILES string of the molecule is CC1COC2(CCN(C(=O)C(C)c3cc4ccccc4o3)CC2)O1. The maximum atomic E-state index is 12.8. The van der Waals surface area contributed by atoms with Crippen molar-refractivity contribution in [2.75, 3.05) is 19.7 Å². The number of carbonyl (C=O) groups is 1. The van der Waals surface area contributed by atoms with Gasteiger partial charge >= 0.3 is 0 Å². The van der Waals surface area contributed by atoms with Gasteiger partial charge in [0.05, 0.1) is 18.6 Å². The molecular formula is C19H23NO4. The molecule has 4 rings (SSSR count). The molecule has 1 spiro atoms. The molecule has 0 N–H and O–H groups in total. The van der Waals surface area contributed by atoms with E-state index in [9.17, 15) is 4.79 Å². The highest BCUT2D eigenvalue weighted by Gasteiger charge is 2.43. The van der Waals surface area contributed by atoms with E-state index in [1.165, 1.54) is 0 Å². The zero-order valence-electron chi connectivity index (χ0n) is 14.2. The van der Waals surface area contributed by atoms with E-state index in [-0.39, 0.29) is 17.9 Å². The number of rotatable bonds is 2. The molecule has 2 fully saturated rings. The van der Waals surface area contributed by atoms with Gasteiger partial charge in [-0.15, -0.1) is 0 Å². The lowest BCUT2D eigenvalue weighted by Crippen LogP contribution is -2.48. The number of amides is 1. The molecule has 2 aliphatic rings. The minimum atomic E-state index is -0.473. The van der Waals surface area contributed by atoms with E-state index in [2.05, 4.69) is 0 Å². The monoisotopic (exact) mass is 329 g/mol.